The van der Waals surface area contributed by atoms with Crippen LogP contribution in [0.15, 0.2) is 48.6 Å². The van der Waals surface area contributed by atoms with Crippen molar-refractivity contribution < 1.29 is 38.2 Å². The molecular formula is C46H82NO7+. The molecule has 0 fully saturated rings. The van der Waals surface area contributed by atoms with Crippen molar-refractivity contribution in [3.8, 4) is 0 Å². The molecule has 0 aliphatic carbocycles. The Morgan fingerprint density at radius 1 is 0.556 bits per heavy atom. The number of unbranched alkanes of at least 4 members (excludes halogenated alkanes) is 16. The molecule has 0 aliphatic rings. The van der Waals surface area contributed by atoms with E-state index in [-0.39, 0.29) is 42.7 Å². The molecule has 0 saturated carbocycles. The van der Waals surface area contributed by atoms with Gasteiger partial charge in [0, 0.05) is 19.3 Å². The van der Waals surface area contributed by atoms with Gasteiger partial charge in [-0.25, -0.2) is 4.79 Å². The monoisotopic (exact) mass is 761 g/mol. The summed E-state index contributed by atoms with van der Waals surface area (Å²) in [5.41, 5.74) is 0. The number of carboxylic acids is 1. The minimum absolute atomic E-state index is 0.0468. The van der Waals surface area contributed by atoms with E-state index in [0.29, 0.717) is 19.3 Å². The Labute approximate surface area is 331 Å². The van der Waals surface area contributed by atoms with Gasteiger partial charge in [0.15, 0.2) is 12.1 Å². The van der Waals surface area contributed by atoms with Crippen molar-refractivity contribution in [2.24, 2.45) is 0 Å². The van der Waals surface area contributed by atoms with E-state index in [4.69, 9.17) is 14.2 Å². The van der Waals surface area contributed by atoms with Crippen molar-refractivity contribution >= 4 is 17.9 Å². The Hall–Kier alpha value is -2.71. The van der Waals surface area contributed by atoms with Gasteiger partial charge >= 0.3 is 17.9 Å². The van der Waals surface area contributed by atoms with Crippen molar-refractivity contribution in [2.45, 2.75) is 187 Å². The predicted molar refractivity (Wildman–Crippen MR) is 224 cm³/mol. The Morgan fingerprint density at radius 2 is 1.02 bits per heavy atom. The van der Waals surface area contributed by atoms with Gasteiger partial charge in [-0.05, 0) is 64.2 Å². The van der Waals surface area contributed by atoms with Crippen LogP contribution in [0.2, 0.25) is 0 Å². The Kier molecular flexibility index (Phi) is 35.4. The molecule has 0 bridgehead atoms. The third-order valence-electron chi connectivity index (χ3n) is 9.46. The molecule has 2 unspecified atom stereocenters. The molecule has 0 aliphatic heterocycles. The van der Waals surface area contributed by atoms with Gasteiger partial charge in [-0.2, -0.15) is 0 Å². The van der Waals surface area contributed by atoms with Gasteiger partial charge < -0.3 is 23.8 Å². The molecule has 8 nitrogen and oxygen atoms in total. The first-order valence-electron chi connectivity index (χ1n) is 21.7. The predicted octanol–water partition coefficient (Wildman–Crippen LogP) is 11.6. The molecule has 0 heterocycles. The van der Waals surface area contributed by atoms with E-state index < -0.39 is 18.1 Å². The van der Waals surface area contributed by atoms with Crippen LogP contribution in [0.25, 0.3) is 0 Å². The molecule has 0 rings (SSSR count). The van der Waals surface area contributed by atoms with Gasteiger partial charge in [-0.3, -0.25) is 9.59 Å². The van der Waals surface area contributed by atoms with Crippen LogP contribution < -0.4 is 0 Å². The van der Waals surface area contributed by atoms with E-state index in [9.17, 15) is 19.5 Å². The van der Waals surface area contributed by atoms with Gasteiger partial charge in [-0.1, -0.05) is 140 Å². The van der Waals surface area contributed by atoms with Crippen molar-refractivity contribution in [1.82, 2.24) is 0 Å². The van der Waals surface area contributed by atoms with Crippen LogP contribution in [0.3, 0.4) is 0 Å². The second kappa shape index (κ2) is 37.2. The van der Waals surface area contributed by atoms with Crippen LogP contribution in [0.1, 0.15) is 174 Å². The fraction of sp³-hybridized carbons (Fsp3) is 0.761. The molecule has 1 N–H and O–H groups in total. The Balaban J connectivity index is 4.26. The number of likely N-dealkylation sites (N-methyl/N-ethyl adjacent to an activating group) is 1. The highest BCUT2D eigenvalue weighted by molar-refractivity contribution is 5.72. The number of hydrogen-bond acceptors (Lipinski definition) is 6. The van der Waals surface area contributed by atoms with E-state index in [0.717, 1.165) is 44.9 Å². The molecule has 0 aromatic rings. The SMILES string of the molecule is CCCCC/C=C/C/C=C/C/C=C/CCCCCCCCCCCC(=O)OC(COCCC(C(=O)O)[N+](C)(C)C)COC(=O)CC/C=C/CCCCCC. The zero-order valence-corrected chi connectivity index (χ0v) is 35.4. The minimum Gasteiger partial charge on any atom is -0.477 e. The van der Waals surface area contributed by atoms with Crippen LogP contribution in [0.4, 0.5) is 0 Å². The first-order valence-corrected chi connectivity index (χ1v) is 21.7. The summed E-state index contributed by atoms with van der Waals surface area (Å²) in [6.45, 7) is 4.61. The van der Waals surface area contributed by atoms with Gasteiger partial charge in [0.1, 0.15) is 6.61 Å². The molecule has 0 spiro atoms. The van der Waals surface area contributed by atoms with Crippen LogP contribution in [-0.2, 0) is 28.6 Å². The fourth-order valence-electron chi connectivity index (χ4n) is 6.06. The average Bonchev–Trinajstić information content (AvgIpc) is 3.12. The highest BCUT2D eigenvalue weighted by Crippen LogP contribution is 2.14. The van der Waals surface area contributed by atoms with Gasteiger partial charge in [0.05, 0.1) is 34.4 Å². The molecule has 0 radical (unpaired) electrons. The maximum Gasteiger partial charge on any atom is 0.362 e. The molecule has 54 heavy (non-hydrogen) atoms. The first kappa shape index (κ1) is 51.3. The number of carbonyl (C=O) groups is 3. The van der Waals surface area contributed by atoms with Gasteiger partial charge in [0.2, 0.25) is 0 Å². The van der Waals surface area contributed by atoms with Crippen molar-refractivity contribution in [3.63, 3.8) is 0 Å². The molecule has 2 atom stereocenters. The molecule has 0 aromatic heterocycles. The topological polar surface area (TPSA) is 99.1 Å². The van der Waals surface area contributed by atoms with Crippen molar-refractivity contribution in [3.05, 3.63) is 48.6 Å². The van der Waals surface area contributed by atoms with Gasteiger partial charge in [0.25, 0.3) is 0 Å². The average molecular weight is 761 g/mol. The zero-order valence-electron chi connectivity index (χ0n) is 35.4. The van der Waals surface area contributed by atoms with E-state index in [1.165, 1.54) is 89.9 Å². The highest BCUT2D eigenvalue weighted by Gasteiger charge is 2.31. The number of hydrogen-bond donors (Lipinski definition) is 1. The maximum absolute atomic E-state index is 12.7. The van der Waals surface area contributed by atoms with E-state index in [1.807, 2.05) is 27.2 Å². The third-order valence-corrected chi connectivity index (χ3v) is 9.46. The van der Waals surface area contributed by atoms with Crippen molar-refractivity contribution in [1.29, 1.82) is 0 Å². The maximum atomic E-state index is 12.7. The summed E-state index contributed by atoms with van der Waals surface area (Å²) in [5.74, 6) is -1.54. The summed E-state index contributed by atoms with van der Waals surface area (Å²) in [6, 6.07) is -0.619. The second-order valence-corrected chi connectivity index (χ2v) is 15.6. The molecule has 312 valence electrons. The number of esters is 2. The second-order valence-electron chi connectivity index (χ2n) is 15.6. The molecule has 0 aromatic carbocycles. The Bertz CT molecular complexity index is 1030. The van der Waals surface area contributed by atoms with Crippen LogP contribution in [0.5, 0.6) is 0 Å². The quantitative estimate of drug-likeness (QED) is 0.0289. The van der Waals surface area contributed by atoms with E-state index >= 15 is 0 Å². The van der Waals surface area contributed by atoms with E-state index in [2.05, 4.69) is 56.4 Å². The van der Waals surface area contributed by atoms with E-state index in [1.54, 1.807) is 0 Å². The normalized spacial score (nSPS) is 13.4. The number of quaternary nitrogens is 1. The number of carbonyl (C=O) groups excluding carboxylic acids is 2. The lowest BCUT2D eigenvalue weighted by molar-refractivity contribution is -0.887. The summed E-state index contributed by atoms with van der Waals surface area (Å²) < 4.78 is 17.2. The zero-order chi connectivity index (χ0) is 40.0. The smallest absolute Gasteiger partial charge is 0.362 e. The first-order chi connectivity index (χ1) is 26.1. The minimum atomic E-state index is -0.882. The van der Waals surface area contributed by atoms with Crippen LogP contribution in [0, 0.1) is 0 Å². The van der Waals surface area contributed by atoms with Gasteiger partial charge in [-0.15, -0.1) is 0 Å². The number of carboxylic acid groups (broad SMARTS) is 1. The fourth-order valence-corrected chi connectivity index (χ4v) is 6.06. The lowest BCUT2D eigenvalue weighted by atomic mass is 10.1. The molecule has 8 heteroatoms. The summed E-state index contributed by atoms with van der Waals surface area (Å²) in [7, 11) is 5.51. The van der Waals surface area contributed by atoms with Crippen LogP contribution in [-0.4, -0.2) is 80.6 Å². The summed E-state index contributed by atoms with van der Waals surface area (Å²) >= 11 is 0. The lowest BCUT2D eigenvalue weighted by Crippen LogP contribution is -2.50. The summed E-state index contributed by atoms with van der Waals surface area (Å²) in [4.78, 5) is 36.8. The van der Waals surface area contributed by atoms with Crippen LogP contribution >= 0.6 is 0 Å². The summed E-state index contributed by atoms with van der Waals surface area (Å²) in [6.07, 6.45) is 43.2. The number of nitrogens with zero attached hydrogens (tertiary/aromatic N) is 1. The molecule has 0 saturated heterocycles. The molecular weight excluding hydrogens is 679 g/mol. The lowest BCUT2D eigenvalue weighted by Gasteiger charge is -2.31. The standard InChI is InChI=1S/C46H81NO7/c1-6-8-10-12-14-16-17-18-19-20-21-22-23-24-25-26-27-28-29-31-33-35-37-45(49)54-42(40-52-39-38-43(46(50)51)47(3,4)5)41-53-44(48)36-34-32-30-15-13-11-9-7-2/h14,16,18-19,21-22,30,32,42-43H,6-13,15,17,20,23-29,31,33-41H2,1-5H3/p+1/b16-14+,19-18+,22-21+,32-30+. The summed E-state index contributed by atoms with van der Waals surface area (Å²) in [5, 5.41) is 9.59. The highest BCUT2D eigenvalue weighted by atomic mass is 16.6. The largest absolute Gasteiger partial charge is 0.477 e. The van der Waals surface area contributed by atoms with Crippen molar-refractivity contribution in [2.75, 3.05) is 41.0 Å². The number of aliphatic carboxylic acids is 1. The number of allylic oxidation sites excluding steroid dienone is 8. The Morgan fingerprint density at radius 3 is 1.57 bits per heavy atom. The number of ether oxygens (including phenoxy) is 3. The third kappa shape index (κ3) is 35.0. The number of rotatable bonds is 38. The molecule has 0 amide bonds.